The van der Waals surface area contributed by atoms with Gasteiger partial charge in [-0.2, -0.15) is 0 Å². The van der Waals surface area contributed by atoms with Crippen molar-refractivity contribution in [2.75, 3.05) is 7.11 Å². The molecule has 0 spiro atoms. The van der Waals surface area contributed by atoms with E-state index in [0.717, 1.165) is 10.4 Å². The molecule has 1 aliphatic heterocycles. The van der Waals surface area contributed by atoms with Crippen LogP contribution in [0.1, 0.15) is 48.4 Å². The van der Waals surface area contributed by atoms with Crippen molar-refractivity contribution in [2.24, 2.45) is 0 Å². The molecule has 0 saturated carbocycles. The molecule has 2 heterocycles. The van der Waals surface area contributed by atoms with Crippen molar-refractivity contribution in [1.29, 1.82) is 0 Å². The van der Waals surface area contributed by atoms with E-state index in [1.54, 1.807) is 30.3 Å². The molecule has 34 heavy (non-hydrogen) atoms. The minimum absolute atomic E-state index is 0.0354. The highest BCUT2D eigenvalue weighted by Gasteiger charge is 2.46. The average Bonchev–Trinajstić information content (AvgIpc) is 3.40. The highest BCUT2D eigenvalue weighted by atomic mass is 35.5. The summed E-state index contributed by atoms with van der Waals surface area (Å²) in [5.74, 6) is -1.21. The zero-order valence-corrected chi connectivity index (χ0v) is 21.0. The van der Waals surface area contributed by atoms with Crippen molar-refractivity contribution in [3.63, 3.8) is 0 Å². The number of carbonyl (C=O) groups excluding carboxylic acids is 2. The van der Waals surface area contributed by atoms with Gasteiger partial charge >= 0.3 is 0 Å². The average molecular weight is 496 g/mol. The second kappa shape index (κ2) is 9.28. The summed E-state index contributed by atoms with van der Waals surface area (Å²) in [6, 6.07) is 15.5. The summed E-state index contributed by atoms with van der Waals surface area (Å²) in [5.41, 5.74) is 1.87. The molecule has 1 atom stereocenters. The Kier molecular flexibility index (Phi) is 6.56. The first-order chi connectivity index (χ1) is 16.1. The molecule has 1 N–H and O–H groups in total. The Morgan fingerprint density at radius 1 is 1.12 bits per heavy atom. The minimum atomic E-state index is -0.762. The summed E-state index contributed by atoms with van der Waals surface area (Å²) < 4.78 is 5.50. The van der Waals surface area contributed by atoms with E-state index in [2.05, 4.69) is 20.8 Å². The number of hydrogen-bond acceptors (Lipinski definition) is 5. The van der Waals surface area contributed by atoms with Crippen LogP contribution in [-0.2, 0) is 21.5 Å². The summed E-state index contributed by atoms with van der Waals surface area (Å²) >= 11 is 7.60. The van der Waals surface area contributed by atoms with Gasteiger partial charge in [0.05, 0.1) is 30.8 Å². The Bertz CT molecular complexity index is 1260. The lowest BCUT2D eigenvalue weighted by Crippen LogP contribution is -2.28. The van der Waals surface area contributed by atoms with Crippen LogP contribution in [0.4, 0.5) is 0 Å². The SMILES string of the molecule is COc1ccc(C(C)(C)C)cc1/C(O)=C1\C(=O)C(=O)N(Cc2cccs2)C1c1ccc(Cl)cc1. The second-order valence-corrected chi connectivity index (χ2v) is 10.7. The predicted molar refractivity (Wildman–Crippen MR) is 135 cm³/mol. The quantitative estimate of drug-likeness (QED) is 0.255. The largest absolute Gasteiger partial charge is 0.507 e. The number of methoxy groups -OCH3 is 1. The zero-order valence-electron chi connectivity index (χ0n) is 19.5. The fourth-order valence-corrected chi connectivity index (χ4v) is 4.94. The van der Waals surface area contributed by atoms with Crippen molar-refractivity contribution < 1.29 is 19.4 Å². The van der Waals surface area contributed by atoms with E-state index in [4.69, 9.17) is 16.3 Å². The first-order valence-corrected chi connectivity index (χ1v) is 12.1. The van der Waals surface area contributed by atoms with Crippen molar-refractivity contribution in [3.8, 4) is 5.75 Å². The number of ether oxygens (including phenoxy) is 1. The van der Waals surface area contributed by atoms with Gasteiger partial charge in [0.1, 0.15) is 11.5 Å². The van der Waals surface area contributed by atoms with E-state index < -0.39 is 17.7 Å². The minimum Gasteiger partial charge on any atom is -0.507 e. The van der Waals surface area contributed by atoms with Crippen LogP contribution in [0, 0.1) is 0 Å². The van der Waals surface area contributed by atoms with E-state index in [1.165, 1.54) is 23.3 Å². The number of halogens is 1. The lowest BCUT2D eigenvalue weighted by Gasteiger charge is -2.25. The Balaban J connectivity index is 1.93. The first kappa shape index (κ1) is 24.0. The number of aliphatic hydroxyl groups is 1. The lowest BCUT2D eigenvalue weighted by atomic mass is 9.85. The fourth-order valence-electron chi connectivity index (χ4n) is 4.11. The van der Waals surface area contributed by atoms with Crippen LogP contribution in [0.2, 0.25) is 5.02 Å². The molecule has 2 aromatic carbocycles. The molecular formula is C27H26ClNO4S. The number of rotatable bonds is 5. The Morgan fingerprint density at radius 3 is 2.41 bits per heavy atom. The number of carbonyl (C=O) groups is 2. The van der Waals surface area contributed by atoms with E-state index in [0.29, 0.717) is 21.9 Å². The Labute approximate surface area is 208 Å². The van der Waals surface area contributed by atoms with Crippen molar-refractivity contribution in [2.45, 2.75) is 38.8 Å². The third-order valence-electron chi connectivity index (χ3n) is 5.95. The molecule has 7 heteroatoms. The smallest absolute Gasteiger partial charge is 0.295 e. The number of likely N-dealkylation sites (tertiary alicyclic amines) is 1. The highest BCUT2D eigenvalue weighted by molar-refractivity contribution is 7.09. The maximum absolute atomic E-state index is 13.3. The van der Waals surface area contributed by atoms with E-state index in [-0.39, 0.29) is 23.3 Å². The van der Waals surface area contributed by atoms with Crippen LogP contribution >= 0.6 is 22.9 Å². The molecule has 0 radical (unpaired) electrons. The third kappa shape index (κ3) is 4.48. The van der Waals surface area contributed by atoms with Crippen LogP contribution in [0.15, 0.2) is 65.6 Å². The van der Waals surface area contributed by atoms with Crippen molar-refractivity contribution in [3.05, 3.63) is 92.1 Å². The van der Waals surface area contributed by atoms with Gasteiger partial charge in [0.2, 0.25) is 0 Å². The number of nitrogens with zero attached hydrogens (tertiary/aromatic N) is 1. The molecule has 3 aromatic rings. The van der Waals surface area contributed by atoms with Gasteiger partial charge in [0.25, 0.3) is 11.7 Å². The number of amides is 1. The van der Waals surface area contributed by atoms with E-state index in [9.17, 15) is 14.7 Å². The summed E-state index contributed by atoms with van der Waals surface area (Å²) in [6.45, 7) is 6.44. The number of Topliss-reactive ketones (excluding diaryl/α,β-unsaturated/α-hetero) is 1. The van der Waals surface area contributed by atoms with Gasteiger partial charge in [-0.25, -0.2) is 0 Å². The van der Waals surface area contributed by atoms with Crippen LogP contribution in [-0.4, -0.2) is 28.8 Å². The summed E-state index contributed by atoms with van der Waals surface area (Å²) in [6.07, 6.45) is 0. The number of aliphatic hydroxyl groups excluding tert-OH is 1. The van der Waals surface area contributed by atoms with Crippen LogP contribution in [0.25, 0.3) is 5.76 Å². The Hall–Kier alpha value is -3.09. The van der Waals surface area contributed by atoms with Gasteiger partial charge in [-0.15, -0.1) is 11.3 Å². The van der Waals surface area contributed by atoms with Gasteiger partial charge in [0.15, 0.2) is 0 Å². The standard InChI is InChI=1S/C27H26ClNO4S/c1-27(2,3)17-9-12-21(33-4)20(14-17)24(30)22-23(16-7-10-18(28)11-8-16)29(26(32)25(22)31)15-19-6-5-13-34-19/h5-14,23,30H,15H2,1-4H3/b24-22+. The molecule has 1 aliphatic rings. The molecule has 1 fully saturated rings. The molecule has 1 aromatic heterocycles. The van der Waals surface area contributed by atoms with Gasteiger partial charge in [-0.3, -0.25) is 9.59 Å². The van der Waals surface area contributed by atoms with E-state index in [1.807, 2.05) is 29.6 Å². The number of hydrogen-bond donors (Lipinski definition) is 1. The first-order valence-electron chi connectivity index (χ1n) is 10.9. The Morgan fingerprint density at radius 2 is 1.82 bits per heavy atom. The number of ketones is 1. The van der Waals surface area contributed by atoms with Gasteiger partial charge in [-0.05, 0) is 52.3 Å². The van der Waals surface area contributed by atoms with Gasteiger partial charge in [0, 0.05) is 9.90 Å². The fraction of sp³-hybridized carbons (Fsp3) is 0.259. The number of thiophene rings is 1. The molecule has 0 aliphatic carbocycles. The molecule has 1 amide bonds. The third-order valence-corrected chi connectivity index (χ3v) is 7.07. The molecule has 0 bridgehead atoms. The van der Waals surface area contributed by atoms with Crippen LogP contribution in [0.3, 0.4) is 0 Å². The molecular weight excluding hydrogens is 470 g/mol. The maximum atomic E-state index is 13.3. The zero-order chi connectivity index (χ0) is 24.6. The highest BCUT2D eigenvalue weighted by Crippen LogP contribution is 2.43. The molecule has 1 unspecified atom stereocenters. The van der Waals surface area contributed by atoms with Crippen LogP contribution < -0.4 is 4.74 Å². The lowest BCUT2D eigenvalue weighted by molar-refractivity contribution is -0.140. The predicted octanol–water partition coefficient (Wildman–Crippen LogP) is 6.33. The maximum Gasteiger partial charge on any atom is 0.295 e. The van der Waals surface area contributed by atoms with Crippen molar-refractivity contribution in [1.82, 2.24) is 4.90 Å². The topological polar surface area (TPSA) is 66.8 Å². The second-order valence-electron chi connectivity index (χ2n) is 9.22. The molecule has 176 valence electrons. The molecule has 1 saturated heterocycles. The number of benzene rings is 2. The van der Waals surface area contributed by atoms with Gasteiger partial charge < -0.3 is 14.7 Å². The summed E-state index contributed by atoms with van der Waals surface area (Å²) in [4.78, 5) is 28.9. The van der Waals surface area contributed by atoms with Crippen molar-refractivity contribution >= 4 is 40.4 Å². The van der Waals surface area contributed by atoms with Crippen LogP contribution in [0.5, 0.6) is 5.75 Å². The van der Waals surface area contributed by atoms with Gasteiger partial charge in [-0.1, -0.05) is 56.6 Å². The summed E-state index contributed by atoms with van der Waals surface area (Å²) in [5, 5.41) is 14.0. The normalized spacial score (nSPS) is 17.9. The molecule has 4 rings (SSSR count). The molecule has 5 nitrogen and oxygen atoms in total. The van der Waals surface area contributed by atoms with E-state index >= 15 is 0 Å². The summed E-state index contributed by atoms with van der Waals surface area (Å²) in [7, 11) is 1.51. The monoisotopic (exact) mass is 495 g/mol.